The minimum Gasteiger partial charge on any atom is -0.496 e. The lowest BCUT2D eigenvalue weighted by atomic mass is 9.88. The first-order valence-electron chi connectivity index (χ1n) is 42.2. The van der Waals surface area contributed by atoms with Crippen molar-refractivity contribution in [2.45, 2.75) is 168 Å². The third kappa shape index (κ3) is 27.3. The lowest BCUT2D eigenvalue weighted by molar-refractivity contribution is -0.146. The Morgan fingerprint density at radius 1 is 0.441 bits per heavy atom. The topological polar surface area (TPSA) is 344 Å². The number of Topliss-reactive ketones (excluding diaryl/α,β-unsaturated/α-hetero) is 4. The van der Waals surface area contributed by atoms with Crippen LogP contribution in [0.5, 0.6) is 23.0 Å². The van der Waals surface area contributed by atoms with Gasteiger partial charge in [-0.05, 0) is 185 Å². The molecule has 6 amide bonds. The molecular weight excluding hydrogens is 1660 g/mol. The Hall–Kier alpha value is -12.4. The molecule has 10 rings (SSSR count). The van der Waals surface area contributed by atoms with Crippen molar-refractivity contribution in [3.8, 4) is 67.5 Å². The maximum absolute atomic E-state index is 14.9. The van der Waals surface area contributed by atoms with E-state index in [-0.39, 0.29) is 76.0 Å². The number of nitrogens with one attached hydrogen (secondary N) is 4. The summed E-state index contributed by atoms with van der Waals surface area (Å²) in [6.07, 6.45) is 0.400. The Bertz CT molecular complexity index is 5280. The number of halogens is 2. The average Bonchev–Trinajstić information content (AvgIpc) is 0.781. The summed E-state index contributed by atoms with van der Waals surface area (Å²) in [6.45, 7) is 14.3. The number of likely N-dealkylation sites (N-methyl/N-ethyl adjacent to an activating group) is 2. The molecule has 8 aromatic carbocycles. The van der Waals surface area contributed by atoms with Crippen LogP contribution in [0.3, 0.4) is 0 Å². The van der Waals surface area contributed by atoms with E-state index < -0.39 is 118 Å². The molecule has 0 spiro atoms. The van der Waals surface area contributed by atoms with E-state index in [0.717, 1.165) is 22.3 Å². The number of hydrogen-bond donors (Lipinski definition) is 5. The number of carboxylic acids is 1. The summed E-state index contributed by atoms with van der Waals surface area (Å²) in [7, 11) is 10.3. The van der Waals surface area contributed by atoms with Gasteiger partial charge >= 0.3 is 24.1 Å². The summed E-state index contributed by atoms with van der Waals surface area (Å²) in [5.41, 5.74) is 7.48. The number of alkyl carbamates (subject to hydrolysis) is 2. The summed E-state index contributed by atoms with van der Waals surface area (Å²) in [6, 6.07) is 45.0. The number of benzene rings is 8. The lowest BCUT2D eigenvalue weighted by Gasteiger charge is -2.32. The van der Waals surface area contributed by atoms with Crippen LogP contribution in [-0.2, 0) is 65.4 Å². The number of carboxylic acid groups (broad SMARTS) is 1. The van der Waals surface area contributed by atoms with Gasteiger partial charge in [0.05, 0.1) is 35.5 Å². The van der Waals surface area contributed by atoms with Crippen molar-refractivity contribution in [2.24, 2.45) is 23.7 Å². The van der Waals surface area contributed by atoms with Crippen molar-refractivity contribution in [3.63, 3.8) is 0 Å². The number of unbranched alkanes of at least 4 members (excludes halogenated alkanes) is 2. The van der Waals surface area contributed by atoms with Crippen LogP contribution in [0.2, 0.25) is 10.0 Å². The van der Waals surface area contributed by atoms with Crippen LogP contribution < -0.4 is 40.2 Å². The van der Waals surface area contributed by atoms with Crippen LogP contribution in [0.15, 0.2) is 170 Å². The monoisotopic (exact) mass is 1780 g/mol. The van der Waals surface area contributed by atoms with E-state index in [9.17, 15) is 62.6 Å². The van der Waals surface area contributed by atoms with Gasteiger partial charge in [0, 0.05) is 133 Å². The van der Waals surface area contributed by atoms with Crippen LogP contribution in [-0.4, -0.2) is 172 Å². The molecule has 0 aliphatic carbocycles. The van der Waals surface area contributed by atoms with Gasteiger partial charge in [-0.25, -0.2) is 19.2 Å². The van der Waals surface area contributed by atoms with E-state index in [4.69, 9.17) is 56.4 Å². The van der Waals surface area contributed by atoms with Crippen molar-refractivity contribution >= 4 is 94.1 Å². The molecule has 2 aliphatic heterocycles. The number of hydrogen-bond acceptors (Lipinski definition) is 19. The second kappa shape index (κ2) is 45.1. The maximum Gasteiger partial charge on any atom is 0.407 e. The van der Waals surface area contributed by atoms with Gasteiger partial charge in [-0.15, -0.1) is 0 Å². The number of methoxy groups -OCH3 is 5. The zero-order valence-corrected chi connectivity index (χ0v) is 76.1. The van der Waals surface area contributed by atoms with Crippen molar-refractivity contribution < 1.29 is 95.8 Å². The zero-order chi connectivity index (χ0) is 92.7. The molecule has 0 unspecified atom stereocenters. The number of ketones is 4. The Morgan fingerprint density at radius 2 is 0.764 bits per heavy atom. The van der Waals surface area contributed by atoms with E-state index in [2.05, 4.69) is 21.3 Å². The minimum atomic E-state index is -1.29. The molecule has 674 valence electrons. The summed E-state index contributed by atoms with van der Waals surface area (Å²) in [5.74, 6) is -7.22. The minimum absolute atomic E-state index is 0.0374. The number of esters is 1. The third-order valence-electron chi connectivity index (χ3n) is 22.1. The Kier molecular flexibility index (Phi) is 35.0. The molecule has 8 bridgehead atoms. The van der Waals surface area contributed by atoms with Crippen LogP contribution in [0, 0.1) is 23.7 Å². The van der Waals surface area contributed by atoms with Gasteiger partial charge in [-0.2, -0.15) is 0 Å². The Morgan fingerprint density at radius 3 is 1.09 bits per heavy atom. The number of ether oxygens (including phenoxy) is 7. The van der Waals surface area contributed by atoms with Crippen molar-refractivity contribution in [1.29, 1.82) is 0 Å². The van der Waals surface area contributed by atoms with Crippen molar-refractivity contribution in [3.05, 3.63) is 213 Å². The third-order valence-corrected chi connectivity index (χ3v) is 22.6. The molecule has 0 saturated heterocycles. The van der Waals surface area contributed by atoms with Gasteiger partial charge in [0.2, 0.25) is 23.6 Å². The van der Waals surface area contributed by atoms with Crippen LogP contribution >= 0.6 is 23.2 Å². The van der Waals surface area contributed by atoms with E-state index in [1.807, 2.05) is 54.6 Å². The molecule has 2 aliphatic rings. The zero-order valence-electron chi connectivity index (χ0n) is 74.5. The molecule has 127 heavy (non-hydrogen) atoms. The molecule has 5 N–H and O–H groups in total. The van der Waals surface area contributed by atoms with Gasteiger partial charge < -0.3 is 69.3 Å². The fraction of sp³-hybridized carbons (Fsp3) is 0.394. The fourth-order valence-electron chi connectivity index (χ4n) is 15.5. The molecule has 28 heteroatoms. The highest BCUT2D eigenvalue weighted by atomic mass is 35.5. The fourth-order valence-corrected chi connectivity index (χ4v) is 15.7. The van der Waals surface area contributed by atoms with Gasteiger partial charge in [0.25, 0.3) is 0 Å². The van der Waals surface area contributed by atoms with Gasteiger partial charge in [0.1, 0.15) is 58.4 Å². The van der Waals surface area contributed by atoms with E-state index >= 15 is 0 Å². The maximum atomic E-state index is 14.9. The lowest BCUT2D eigenvalue weighted by Crippen LogP contribution is -2.46. The Labute approximate surface area is 751 Å². The highest BCUT2D eigenvalue weighted by Crippen LogP contribution is 2.44. The largest absolute Gasteiger partial charge is 0.496 e. The second-order valence-corrected chi connectivity index (χ2v) is 34.8. The van der Waals surface area contributed by atoms with Gasteiger partial charge in [-0.3, -0.25) is 38.4 Å². The SMILES string of the molecule is COC(=O)[C@@H]1Cc2ccc(OC)c(c2)-c2cc(ccc2OC)[C@H](N(C)C(=O)[C@H](CCCCNC(=O)OC(C)(C)C)CC(=O)c2ccc(-c3ccc(Cl)cc3)cc2)C(=O)C[C@@H](C)C(=O)N1.COc1ccc2cc1-c1cc(ccc1OC)[C@H](N(C)C(=O)[C@H](CCCCNC(=O)OC(C)(C)C)CC(=O)c1ccc(-c3ccc(Cl)cc3)cc1)C(=O)C[C@@H](C)C(=O)N[C@H](C(=O)O)C2. The van der Waals surface area contributed by atoms with Gasteiger partial charge in [0.15, 0.2) is 23.1 Å². The van der Waals surface area contributed by atoms with Crippen molar-refractivity contribution in [1.82, 2.24) is 31.1 Å². The molecule has 0 aromatic heterocycles. The molecule has 8 atom stereocenters. The number of nitrogens with zero attached hydrogens (tertiary/aromatic N) is 2. The standard InChI is InChI=1S/C50H58ClN3O10.C49H56ClN3O10/c1-30-25-42(56)45(35-19-23-44(62-7)39(28-35)38-26-31(12-22-43(38)61-6)27-40(48(59)63-8)53-46(30)57)54(5)47(58)36(11-9-10-24-52-49(60)64-50(2,3)4)29-41(55)34-15-13-32(14-16-34)33-17-20-37(51)21-18-33;1-29-24-41(55)44(34-18-22-43(62-7)38(27-34)37-25-30(11-21-42(37)61-6)26-39(47(58)59)52-45(29)56)53(5)46(57)35(10-8-9-23-51-48(60)63-49(2,3)4)28-40(54)33-14-12-31(13-15-33)32-16-19-36(50)20-17-32/h12-23,26,28,30,36,40,45H,9-11,24-25,27,29H2,1-8H3,(H,52,60)(H,53,57);11-22,25,27,29,35,39,44H,8-10,23-24,26,28H2,1-7H3,(H,51,60)(H,52,56)(H,58,59)/t30-,36-,40+,45+;29-,35-,39+,44+/m11/s1. The highest BCUT2D eigenvalue weighted by Gasteiger charge is 2.40. The first-order valence-corrected chi connectivity index (χ1v) is 43.0. The smallest absolute Gasteiger partial charge is 0.407 e. The number of rotatable bonds is 28. The summed E-state index contributed by atoms with van der Waals surface area (Å²) in [5, 5.41) is 22.1. The number of amides is 6. The average molecular weight is 1780 g/mol. The molecule has 0 radical (unpaired) electrons. The molecule has 8 aromatic rings. The molecule has 2 heterocycles. The molecule has 0 fully saturated rings. The van der Waals surface area contributed by atoms with Crippen LogP contribution in [0.1, 0.15) is 175 Å². The summed E-state index contributed by atoms with van der Waals surface area (Å²) < 4.78 is 38.8. The van der Waals surface area contributed by atoms with Crippen LogP contribution in [0.25, 0.3) is 44.5 Å². The number of carbonyl (C=O) groups excluding carboxylic acids is 11. The number of fused-ring (bicyclic) bond motifs is 10. The van der Waals surface area contributed by atoms with E-state index in [1.165, 1.54) is 66.4 Å². The first-order chi connectivity index (χ1) is 60.3. The molecule has 0 saturated carbocycles. The quantitative estimate of drug-likeness (QED) is 0.0132. The second-order valence-electron chi connectivity index (χ2n) is 33.9. The normalized spacial score (nSPS) is 17.0. The Balaban J connectivity index is 0.000000287. The molecular formula is C99H114Cl2N6O20. The predicted molar refractivity (Wildman–Crippen MR) is 484 cm³/mol. The number of carbonyl (C=O) groups is 12. The van der Waals surface area contributed by atoms with Crippen molar-refractivity contribution in [2.75, 3.05) is 62.7 Å². The van der Waals surface area contributed by atoms with E-state index in [1.54, 1.807) is 164 Å². The summed E-state index contributed by atoms with van der Waals surface area (Å²) >= 11 is 12.2. The predicted octanol–water partition coefficient (Wildman–Crippen LogP) is 17.1. The van der Waals surface area contributed by atoms with E-state index in [0.29, 0.717) is 114 Å². The number of aliphatic carboxylic acids is 1. The summed E-state index contributed by atoms with van der Waals surface area (Å²) in [4.78, 5) is 167. The highest BCUT2D eigenvalue weighted by molar-refractivity contribution is 6.31. The van der Waals surface area contributed by atoms with Crippen LogP contribution in [0.4, 0.5) is 9.59 Å². The molecule has 26 nitrogen and oxygen atoms in total. The first kappa shape index (κ1) is 98.4. The van der Waals surface area contributed by atoms with Gasteiger partial charge in [-0.1, -0.05) is 147 Å².